The average molecular weight is 318 g/mol. The number of allylic oxidation sites excluding steroid dienone is 1. The number of hydrazone groups is 1. The van der Waals surface area contributed by atoms with Crippen LogP contribution in [0.5, 0.6) is 0 Å². The Morgan fingerprint density at radius 2 is 1.73 bits per heavy atom. The summed E-state index contributed by atoms with van der Waals surface area (Å²) in [7, 11) is -3.79. The zero-order valence-corrected chi connectivity index (χ0v) is 12.7. The van der Waals surface area contributed by atoms with Gasteiger partial charge in [0.2, 0.25) is 0 Å². The molecule has 0 unspecified atom stereocenters. The zero-order valence-electron chi connectivity index (χ0n) is 11.9. The van der Waals surface area contributed by atoms with Gasteiger partial charge >= 0.3 is 0 Å². The van der Waals surface area contributed by atoms with Gasteiger partial charge in [0.25, 0.3) is 10.0 Å². The van der Waals surface area contributed by atoms with Crippen molar-refractivity contribution in [2.75, 3.05) is 0 Å². The predicted octanol–water partition coefficient (Wildman–Crippen LogP) is 3.27. The van der Waals surface area contributed by atoms with E-state index in [1.807, 2.05) is 17.8 Å². The molecule has 0 spiro atoms. The maximum absolute atomic E-state index is 13.6. The van der Waals surface area contributed by atoms with Gasteiger partial charge in [-0.05, 0) is 30.7 Å². The van der Waals surface area contributed by atoms with Crippen molar-refractivity contribution in [3.05, 3.63) is 71.6 Å². The first-order valence-electron chi connectivity index (χ1n) is 6.51. The third-order valence-electron chi connectivity index (χ3n) is 2.80. The molecule has 114 valence electrons. The number of sulfonamides is 1. The van der Waals surface area contributed by atoms with Crippen LogP contribution in [-0.4, -0.2) is 14.6 Å². The Kier molecular flexibility index (Phi) is 5.06. The number of aryl methyl sites for hydroxylation is 1. The molecule has 0 aliphatic heterocycles. The Balaban J connectivity index is 2.05. The standard InChI is InChI=1S/C16H15FN2O2S/c1-13-7-9-16(10-8-13)22(20,21)19-18-12-15(17)11-14-5-3-2-4-6-14/h2-12,19H,1H3/b15-11-,18-12+. The third-order valence-corrected chi connectivity index (χ3v) is 4.03. The second-order valence-corrected chi connectivity index (χ2v) is 6.27. The molecule has 0 bridgehead atoms. The molecule has 0 aromatic heterocycles. The molecular formula is C16H15FN2O2S. The predicted molar refractivity (Wildman–Crippen MR) is 85.5 cm³/mol. The van der Waals surface area contributed by atoms with Crippen molar-refractivity contribution in [2.24, 2.45) is 5.10 Å². The fourth-order valence-corrected chi connectivity index (χ4v) is 2.46. The van der Waals surface area contributed by atoms with Crippen LogP contribution < -0.4 is 4.83 Å². The van der Waals surface area contributed by atoms with Gasteiger partial charge in [-0.25, -0.2) is 4.39 Å². The van der Waals surface area contributed by atoms with E-state index in [0.29, 0.717) is 5.56 Å². The van der Waals surface area contributed by atoms with Crippen LogP contribution in [0.3, 0.4) is 0 Å². The summed E-state index contributed by atoms with van der Waals surface area (Å²) in [6, 6.07) is 15.1. The molecule has 2 aromatic carbocycles. The highest BCUT2D eigenvalue weighted by atomic mass is 32.2. The summed E-state index contributed by atoms with van der Waals surface area (Å²) in [5.41, 5.74) is 1.60. The second kappa shape index (κ2) is 7.00. The Morgan fingerprint density at radius 3 is 2.36 bits per heavy atom. The Bertz CT molecular complexity index is 783. The van der Waals surface area contributed by atoms with E-state index in [0.717, 1.165) is 11.8 Å². The van der Waals surface area contributed by atoms with E-state index in [-0.39, 0.29) is 4.90 Å². The van der Waals surface area contributed by atoms with E-state index in [1.54, 1.807) is 36.4 Å². The van der Waals surface area contributed by atoms with Gasteiger partial charge < -0.3 is 0 Å². The average Bonchev–Trinajstić information content (AvgIpc) is 2.48. The monoisotopic (exact) mass is 318 g/mol. The number of halogens is 1. The van der Waals surface area contributed by atoms with Crippen LogP contribution >= 0.6 is 0 Å². The number of hydrogen-bond donors (Lipinski definition) is 1. The highest BCUT2D eigenvalue weighted by molar-refractivity contribution is 7.89. The van der Waals surface area contributed by atoms with E-state index in [1.165, 1.54) is 18.2 Å². The number of benzene rings is 2. The van der Waals surface area contributed by atoms with Crippen LogP contribution in [0.25, 0.3) is 6.08 Å². The molecule has 0 saturated carbocycles. The van der Waals surface area contributed by atoms with Gasteiger partial charge in [0.05, 0.1) is 11.1 Å². The van der Waals surface area contributed by atoms with Crippen LogP contribution in [0.2, 0.25) is 0 Å². The summed E-state index contributed by atoms with van der Waals surface area (Å²) in [6.07, 6.45) is 2.07. The summed E-state index contributed by atoms with van der Waals surface area (Å²) >= 11 is 0. The lowest BCUT2D eigenvalue weighted by atomic mass is 10.2. The molecule has 0 atom stereocenters. The molecule has 2 aromatic rings. The topological polar surface area (TPSA) is 58.5 Å². The fraction of sp³-hybridized carbons (Fsp3) is 0.0625. The molecule has 2 rings (SSSR count). The molecule has 0 radical (unpaired) electrons. The summed E-state index contributed by atoms with van der Waals surface area (Å²) < 4.78 is 37.4. The van der Waals surface area contributed by atoms with E-state index in [2.05, 4.69) is 5.10 Å². The van der Waals surface area contributed by atoms with Crippen LogP contribution in [-0.2, 0) is 10.0 Å². The van der Waals surface area contributed by atoms with Crippen molar-refractivity contribution in [3.63, 3.8) is 0 Å². The molecule has 22 heavy (non-hydrogen) atoms. The highest BCUT2D eigenvalue weighted by Gasteiger charge is 2.11. The summed E-state index contributed by atoms with van der Waals surface area (Å²) in [4.78, 5) is 2.04. The molecule has 1 N–H and O–H groups in total. The van der Waals surface area contributed by atoms with E-state index in [4.69, 9.17) is 0 Å². The summed E-state index contributed by atoms with van der Waals surface area (Å²) in [5, 5.41) is 3.43. The number of rotatable bonds is 5. The lowest BCUT2D eigenvalue weighted by molar-refractivity contribution is 0.584. The van der Waals surface area contributed by atoms with Crippen molar-refractivity contribution in [3.8, 4) is 0 Å². The Labute approximate surface area is 129 Å². The molecule has 0 heterocycles. The number of nitrogens with one attached hydrogen (secondary N) is 1. The quantitative estimate of drug-likeness (QED) is 0.679. The molecule has 6 heteroatoms. The van der Waals surface area contributed by atoms with Gasteiger partial charge in [0.15, 0.2) is 0 Å². The van der Waals surface area contributed by atoms with E-state index >= 15 is 0 Å². The SMILES string of the molecule is Cc1ccc(S(=O)(=O)N/N=C/C(F)=C/c2ccccc2)cc1. The first-order valence-corrected chi connectivity index (χ1v) is 7.99. The van der Waals surface area contributed by atoms with E-state index in [9.17, 15) is 12.8 Å². The van der Waals surface area contributed by atoms with Gasteiger partial charge in [-0.3, -0.25) is 0 Å². The molecule has 4 nitrogen and oxygen atoms in total. The summed E-state index contributed by atoms with van der Waals surface area (Å²) in [5.74, 6) is -0.655. The lowest BCUT2D eigenvalue weighted by Gasteiger charge is -2.03. The van der Waals surface area contributed by atoms with Crippen LogP contribution in [0.4, 0.5) is 4.39 Å². The highest BCUT2D eigenvalue weighted by Crippen LogP contribution is 2.10. The minimum atomic E-state index is -3.79. The molecule has 0 aliphatic rings. The largest absolute Gasteiger partial charge is 0.276 e. The minimum Gasteiger partial charge on any atom is -0.205 e. The van der Waals surface area contributed by atoms with Gasteiger partial charge in [-0.2, -0.15) is 18.4 Å². The smallest absolute Gasteiger partial charge is 0.205 e. The Morgan fingerprint density at radius 1 is 1.09 bits per heavy atom. The maximum atomic E-state index is 13.6. The Hall–Kier alpha value is -2.47. The van der Waals surface area contributed by atoms with E-state index < -0.39 is 15.9 Å². The van der Waals surface area contributed by atoms with Crippen LogP contribution in [0.15, 0.2) is 70.4 Å². The molecule has 0 amide bonds. The normalized spacial score (nSPS) is 12.5. The van der Waals surface area contributed by atoms with Crippen molar-refractivity contribution in [1.82, 2.24) is 4.83 Å². The molecule has 0 fully saturated rings. The van der Waals surface area contributed by atoms with Gasteiger partial charge in [-0.1, -0.05) is 48.0 Å². The van der Waals surface area contributed by atoms with Gasteiger partial charge in [0.1, 0.15) is 5.83 Å². The van der Waals surface area contributed by atoms with Crippen molar-refractivity contribution >= 4 is 22.3 Å². The van der Waals surface area contributed by atoms with Crippen LogP contribution in [0, 0.1) is 6.92 Å². The zero-order chi connectivity index (χ0) is 16.0. The van der Waals surface area contributed by atoms with Gasteiger partial charge in [0, 0.05) is 0 Å². The first kappa shape index (κ1) is 15.9. The van der Waals surface area contributed by atoms with Crippen molar-refractivity contribution in [1.29, 1.82) is 0 Å². The summed E-state index contributed by atoms with van der Waals surface area (Å²) in [6.45, 7) is 1.85. The maximum Gasteiger partial charge on any atom is 0.276 e. The van der Waals surface area contributed by atoms with Crippen molar-refractivity contribution in [2.45, 2.75) is 11.8 Å². The molecular weight excluding hydrogens is 303 g/mol. The van der Waals surface area contributed by atoms with Crippen LogP contribution in [0.1, 0.15) is 11.1 Å². The lowest BCUT2D eigenvalue weighted by Crippen LogP contribution is -2.18. The minimum absolute atomic E-state index is 0.0719. The number of nitrogens with zero attached hydrogens (tertiary/aromatic N) is 1. The second-order valence-electron chi connectivity index (χ2n) is 4.61. The van der Waals surface area contributed by atoms with Gasteiger partial charge in [-0.15, -0.1) is 0 Å². The molecule has 0 aliphatic carbocycles. The third kappa shape index (κ3) is 4.53. The first-order chi connectivity index (χ1) is 10.5. The number of hydrogen-bond acceptors (Lipinski definition) is 3. The fourth-order valence-electron chi connectivity index (χ4n) is 1.67. The molecule has 0 saturated heterocycles. The van der Waals surface area contributed by atoms with Crippen molar-refractivity contribution < 1.29 is 12.8 Å².